The van der Waals surface area contributed by atoms with Gasteiger partial charge in [-0.1, -0.05) is 59.6 Å². The molecule has 0 bridgehead atoms. The summed E-state index contributed by atoms with van der Waals surface area (Å²) >= 11 is 6.37. The SMILES string of the molecule is Cc1ccc(Cn2c(Cl)c(C=O)c3ccccc32)cc1. The third-order valence-corrected chi connectivity index (χ3v) is 3.93. The number of hydrogen-bond acceptors (Lipinski definition) is 1. The molecular weight excluding hydrogens is 270 g/mol. The molecule has 0 amide bonds. The van der Waals surface area contributed by atoms with Gasteiger partial charge in [-0.15, -0.1) is 0 Å². The predicted octanol–water partition coefficient (Wildman–Crippen LogP) is 4.46. The Morgan fingerprint density at radius 2 is 1.80 bits per heavy atom. The highest BCUT2D eigenvalue weighted by atomic mass is 35.5. The molecule has 1 heterocycles. The molecule has 2 aromatic carbocycles. The van der Waals surface area contributed by atoms with Gasteiger partial charge in [-0.3, -0.25) is 4.79 Å². The van der Waals surface area contributed by atoms with E-state index in [1.54, 1.807) is 0 Å². The van der Waals surface area contributed by atoms with E-state index in [0.717, 1.165) is 22.8 Å². The Hall–Kier alpha value is -2.06. The highest BCUT2D eigenvalue weighted by Crippen LogP contribution is 2.29. The Kier molecular flexibility index (Phi) is 3.33. The van der Waals surface area contributed by atoms with Crippen LogP contribution in [0.5, 0.6) is 0 Å². The summed E-state index contributed by atoms with van der Waals surface area (Å²) in [7, 11) is 0. The van der Waals surface area contributed by atoms with Crippen LogP contribution in [0.4, 0.5) is 0 Å². The van der Waals surface area contributed by atoms with E-state index in [0.29, 0.717) is 17.3 Å². The van der Waals surface area contributed by atoms with Crippen LogP contribution in [0.2, 0.25) is 5.15 Å². The number of aromatic nitrogens is 1. The number of hydrogen-bond donors (Lipinski definition) is 0. The van der Waals surface area contributed by atoms with Gasteiger partial charge in [-0.25, -0.2) is 0 Å². The van der Waals surface area contributed by atoms with Gasteiger partial charge in [0.15, 0.2) is 6.29 Å². The molecule has 3 aromatic rings. The van der Waals surface area contributed by atoms with Gasteiger partial charge in [0.1, 0.15) is 5.15 Å². The summed E-state index contributed by atoms with van der Waals surface area (Å²) in [5.74, 6) is 0. The number of aryl methyl sites for hydroxylation is 1. The van der Waals surface area contributed by atoms with Crippen molar-refractivity contribution >= 4 is 28.8 Å². The molecular formula is C17H14ClNO. The molecule has 0 spiro atoms. The van der Waals surface area contributed by atoms with E-state index in [2.05, 4.69) is 31.2 Å². The lowest BCUT2D eigenvalue weighted by Crippen LogP contribution is -1.99. The maximum absolute atomic E-state index is 11.3. The number of nitrogens with zero attached hydrogens (tertiary/aromatic N) is 1. The first kappa shape index (κ1) is 12.9. The van der Waals surface area contributed by atoms with Crippen molar-refractivity contribution in [2.45, 2.75) is 13.5 Å². The summed E-state index contributed by atoms with van der Waals surface area (Å²) in [6, 6.07) is 16.1. The zero-order valence-corrected chi connectivity index (χ0v) is 11.9. The van der Waals surface area contributed by atoms with Gasteiger partial charge < -0.3 is 4.57 Å². The summed E-state index contributed by atoms with van der Waals surface area (Å²) in [6.45, 7) is 2.72. The van der Waals surface area contributed by atoms with Crippen LogP contribution in [-0.4, -0.2) is 10.9 Å². The third kappa shape index (κ3) is 2.12. The second kappa shape index (κ2) is 5.14. The van der Waals surface area contributed by atoms with Gasteiger partial charge in [0, 0.05) is 11.9 Å². The van der Waals surface area contributed by atoms with E-state index < -0.39 is 0 Å². The van der Waals surface area contributed by atoms with Crippen molar-refractivity contribution in [3.8, 4) is 0 Å². The Morgan fingerprint density at radius 3 is 2.50 bits per heavy atom. The second-order valence-corrected chi connectivity index (χ2v) is 5.27. The monoisotopic (exact) mass is 283 g/mol. The zero-order valence-electron chi connectivity index (χ0n) is 11.1. The number of aldehydes is 1. The maximum Gasteiger partial charge on any atom is 0.153 e. The molecule has 0 N–H and O–H groups in total. The molecule has 0 atom stereocenters. The summed E-state index contributed by atoms with van der Waals surface area (Å²) in [4.78, 5) is 11.3. The van der Waals surface area contributed by atoms with E-state index in [-0.39, 0.29) is 0 Å². The van der Waals surface area contributed by atoms with Crippen LogP contribution in [0.25, 0.3) is 10.9 Å². The fourth-order valence-corrected chi connectivity index (χ4v) is 2.74. The van der Waals surface area contributed by atoms with Gasteiger partial charge in [-0.2, -0.15) is 0 Å². The van der Waals surface area contributed by atoms with Crippen molar-refractivity contribution in [1.82, 2.24) is 4.57 Å². The molecule has 0 saturated carbocycles. The Labute approximate surface area is 122 Å². The molecule has 3 heteroatoms. The highest BCUT2D eigenvalue weighted by Gasteiger charge is 2.14. The smallest absolute Gasteiger partial charge is 0.153 e. The minimum atomic E-state index is 0.502. The molecule has 0 saturated heterocycles. The molecule has 0 radical (unpaired) electrons. The molecule has 20 heavy (non-hydrogen) atoms. The van der Waals surface area contributed by atoms with Crippen molar-refractivity contribution in [1.29, 1.82) is 0 Å². The van der Waals surface area contributed by atoms with Crippen LogP contribution in [0.1, 0.15) is 21.5 Å². The van der Waals surface area contributed by atoms with Crippen LogP contribution in [0.15, 0.2) is 48.5 Å². The topological polar surface area (TPSA) is 22.0 Å². The summed E-state index contributed by atoms with van der Waals surface area (Å²) < 4.78 is 1.98. The number of fused-ring (bicyclic) bond motifs is 1. The molecule has 0 unspecified atom stereocenters. The van der Waals surface area contributed by atoms with E-state index in [1.165, 1.54) is 5.56 Å². The lowest BCUT2D eigenvalue weighted by molar-refractivity contribution is 0.112. The molecule has 0 fully saturated rings. The molecule has 100 valence electrons. The summed E-state index contributed by atoms with van der Waals surface area (Å²) in [6.07, 6.45) is 0.830. The minimum Gasteiger partial charge on any atom is -0.327 e. The summed E-state index contributed by atoms with van der Waals surface area (Å²) in [5, 5.41) is 1.40. The standard InChI is InChI=1S/C17H14ClNO/c1-12-6-8-13(9-7-12)10-19-16-5-3-2-4-14(16)15(11-20)17(19)18/h2-9,11H,10H2,1H3. The number of carbonyl (C=O) groups is 1. The van der Waals surface area contributed by atoms with E-state index in [9.17, 15) is 4.79 Å². The molecule has 2 nitrogen and oxygen atoms in total. The van der Waals surface area contributed by atoms with Gasteiger partial charge in [0.2, 0.25) is 0 Å². The fourth-order valence-electron chi connectivity index (χ4n) is 2.44. The van der Waals surface area contributed by atoms with Gasteiger partial charge in [-0.05, 0) is 18.6 Å². The van der Waals surface area contributed by atoms with Crippen LogP contribution >= 0.6 is 11.6 Å². The predicted molar refractivity (Wildman–Crippen MR) is 82.6 cm³/mol. The Morgan fingerprint density at radius 1 is 1.10 bits per heavy atom. The third-order valence-electron chi connectivity index (χ3n) is 3.52. The van der Waals surface area contributed by atoms with Crippen LogP contribution in [0.3, 0.4) is 0 Å². The molecule has 3 rings (SSSR count). The van der Waals surface area contributed by atoms with Gasteiger partial charge in [0.25, 0.3) is 0 Å². The first-order valence-electron chi connectivity index (χ1n) is 6.48. The van der Waals surface area contributed by atoms with Gasteiger partial charge >= 0.3 is 0 Å². The molecule has 0 aliphatic heterocycles. The number of carbonyl (C=O) groups excluding carboxylic acids is 1. The average Bonchev–Trinajstić information content (AvgIpc) is 2.74. The van der Waals surface area contributed by atoms with E-state index >= 15 is 0 Å². The minimum absolute atomic E-state index is 0.502. The molecule has 0 aliphatic carbocycles. The zero-order chi connectivity index (χ0) is 14.1. The van der Waals surface area contributed by atoms with E-state index in [4.69, 9.17) is 11.6 Å². The second-order valence-electron chi connectivity index (χ2n) is 4.91. The van der Waals surface area contributed by atoms with E-state index in [1.807, 2.05) is 28.8 Å². The van der Waals surface area contributed by atoms with Crippen LogP contribution in [0, 0.1) is 6.92 Å². The van der Waals surface area contributed by atoms with Crippen molar-refractivity contribution < 1.29 is 4.79 Å². The molecule has 0 aliphatic rings. The lowest BCUT2D eigenvalue weighted by Gasteiger charge is -2.07. The van der Waals surface area contributed by atoms with Crippen molar-refractivity contribution in [2.24, 2.45) is 0 Å². The number of rotatable bonds is 3. The lowest BCUT2D eigenvalue weighted by atomic mass is 10.1. The quantitative estimate of drug-likeness (QED) is 0.650. The first-order valence-corrected chi connectivity index (χ1v) is 6.86. The number of para-hydroxylation sites is 1. The van der Waals surface area contributed by atoms with Crippen molar-refractivity contribution in [3.63, 3.8) is 0 Å². The maximum atomic E-state index is 11.3. The highest BCUT2D eigenvalue weighted by molar-refractivity contribution is 6.34. The number of halogens is 1. The van der Waals surface area contributed by atoms with Gasteiger partial charge in [0.05, 0.1) is 11.1 Å². The first-order chi connectivity index (χ1) is 9.70. The largest absolute Gasteiger partial charge is 0.327 e. The van der Waals surface area contributed by atoms with Crippen molar-refractivity contribution in [3.05, 3.63) is 70.4 Å². The normalized spacial score (nSPS) is 10.9. The summed E-state index contributed by atoms with van der Waals surface area (Å²) in [5.41, 5.74) is 3.94. The fraction of sp³-hybridized carbons (Fsp3) is 0.118. The van der Waals surface area contributed by atoms with Crippen LogP contribution in [-0.2, 0) is 6.54 Å². The number of benzene rings is 2. The Bertz CT molecular complexity index is 772. The Balaban J connectivity index is 2.13. The van der Waals surface area contributed by atoms with Crippen molar-refractivity contribution in [2.75, 3.05) is 0 Å². The molecule has 1 aromatic heterocycles. The average molecular weight is 284 g/mol. The van der Waals surface area contributed by atoms with Crippen LogP contribution < -0.4 is 0 Å².